The van der Waals surface area contributed by atoms with Crippen molar-refractivity contribution in [1.82, 2.24) is 0 Å². The SMILES string of the molecule is COc1cccc(NC(=O)CCC(C)c2cc(OC)ccc2OC)c1. The van der Waals surface area contributed by atoms with Crippen molar-refractivity contribution in [2.45, 2.75) is 25.7 Å². The summed E-state index contributed by atoms with van der Waals surface area (Å²) in [5.41, 5.74) is 1.77. The summed E-state index contributed by atoms with van der Waals surface area (Å²) in [6.45, 7) is 2.08. The molecule has 1 atom stereocenters. The molecule has 0 aliphatic heterocycles. The molecule has 134 valence electrons. The molecule has 1 amide bonds. The lowest BCUT2D eigenvalue weighted by atomic mass is 9.95. The van der Waals surface area contributed by atoms with Crippen molar-refractivity contribution in [3.63, 3.8) is 0 Å². The van der Waals surface area contributed by atoms with E-state index in [2.05, 4.69) is 12.2 Å². The Morgan fingerprint density at radius 1 is 1.00 bits per heavy atom. The molecule has 2 rings (SSSR count). The highest BCUT2D eigenvalue weighted by Crippen LogP contribution is 2.33. The number of hydrogen-bond donors (Lipinski definition) is 1. The molecule has 2 aromatic carbocycles. The van der Waals surface area contributed by atoms with Crippen molar-refractivity contribution < 1.29 is 19.0 Å². The van der Waals surface area contributed by atoms with Gasteiger partial charge in [0.25, 0.3) is 0 Å². The van der Waals surface area contributed by atoms with Gasteiger partial charge in [0.2, 0.25) is 5.91 Å². The van der Waals surface area contributed by atoms with Gasteiger partial charge in [-0.25, -0.2) is 0 Å². The number of nitrogens with one attached hydrogen (secondary N) is 1. The van der Waals surface area contributed by atoms with E-state index in [1.165, 1.54) is 0 Å². The Morgan fingerprint density at radius 2 is 1.72 bits per heavy atom. The van der Waals surface area contributed by atoms with E-state index in [1.54, 1.807) is 27.4 Å². The second-order valence-corrected chi connectivity index (χ2v) is 5.83. The van der Waals surface area contributed by atoms with Crippen LogP contribution in [0, 0.1) is 0 Å². The summed E-state index contributed by atoms with van der Waals surface area (Å²) >= 11 is 0. The average molecular weight is 343 g/mol. The average Bonchev–Trinajstić information content (AvgIpc) is 2.65. The number of benzene rings is 2. The van der Waals surface area contributed by atoms with Crippen LogP contribution in [0.15, 0.2) is 42.5 Å². The first-order valence-electron chi connectivity index (χ1n) is 8.23. The predicted molar refractivity (Wildman–Crippen MR) is 98.8 cm³/mol. The highest BCUT2D eigenvalue weighted by molar-refractivity contribution is 5.90. The smallest absolute Gasteiger partial charge is 0.224 e. The lowest BCUT2D eigenvalue weighted by Crippen LogP contribution is -2.12. The van der Waals surface area contributed by atoms with Gasteiger partial charge in [-0.1, -0.05) is 13.0 Å². The zero-order valence-electron chi connectivity index (χ0n) is 15.2. The molecule has 2 aromatic rings. The second-order valence-electron chi connectivity index (χ2n) is 5.83. The number of anilines is 1. The van der Waals surface area contributed by atoms with Crippen LogP contribution in [-0.2, 0) is 4.79 Å². The van der Waals surface area contributed by atoms with E-state index in [9.17, 15) is 4.79 Å². The van der Waals surface area contributed by atoms with Gasteiger partial charge in [0.1, 0.15) is 17.2 Å². The maximum absolute atomic E-state index is 12.2. The van der Waals surface area contributed by atoms with E-state index < -0.39 is 0 Å². The predicted octanol–water partition coefficient (Wildman–Crippen LogP) is 4.23. The van der Waals surface area contributed by atoms with Gasteiger partial charge in [0.05, 0.1) is 21.3 Å². The Bertz CT molecular complexity index is 715. The number of rotatable bonds is 8. The first kappa shape index (κ1) is 18.6. The van der Waals surface area contributed by atoms with Crippen LogP contribution in [0.25, 0.3) is 0 Å². The summed E-state index contributed by atoms with van der Waals surface area (Å²) in [5.74, 6) is 2.44. The molecule has 0 spiro atoms. The van der Waals surface area contributed by atoms with Gasteiger partial charge < -0.3 is 19.5 Å². The van der Waals surface area contributed by atoms with Gasteiger partial charge in [-0.2, -0.15) is 0 Å². The van der Waals surface area contributed by atoms with Crippen LogP contribution in [0.5, 0.6) is 17.2 Å². The normalized spacial score (nSPS) is 11.5. The lowest BCUT2D eigenvalue weighted by Gasteiger charge is -2.16. The van der Waals surface area contributed by atoms with Crippen molar-refractivity contribution in [1.29, 1.82) is 0 Å². The van der Waals surface area contributed by atoms with Gasteiger partial charge in [-0.15, -0.1) is 0 Å². The molecule has 0 heterocycles. The Morgan fingerprint density at radius 3 is 2.40 bits per heavy atom. The molecule has 1 N–H and O–H groups in total. The van der Waals surface area contributed by atoms with Crippen molar-refractivity contribution in [3.05, 3.63) is 48.0 Å². The summed E-state index contributed by atoms with van der Waals surface area (Å²) in [6, 6.07) is 13.0. The standard InChI is InChI=1S/C20H25NO4/c1-14(18-13-17(24-3)9-10-19(18)25-4)8-11-20(22)21-15-6-5-7-16(12-15)23-2/h5-7,9-10,12-14H,8,11H2,1-4H3,(H,21,22). The molecule has 5 heteroatoms. The third-order valence-corrected chi connectivity index (χ3v) is 4.13. The van der Waals surface area contributed by atoms with E-state index in [0.717, 1.165) is 22.7 Å². The Labute approximate surface area is 148 Å². The molecular weight excluding hydrogens is 318 g/mol. The number of ether oxygens (including phenoxy) is 3. The van der Waals surface area contributed by atoms with Crippen molar-refractivity contribution in [2.75, 3.05) is 26.6 Å². The maximum Gasteiger partial charge on any atom is 0.224 e. The third kappa shape index (κ3) is 5.14. The van der Waals surface area contributed by atoms with Crippen LogP contribution in [0.3, 0.4) is 0 Å². The van der Waals surface area contributed by atoms with Crippen LogP contribution in [-0.4, -0.2) is 27.2 Å². The Balaban J connectivity index is 1.97. The Hall–Kier alpha value is -2.69. The lowest BCUT2D eigenvalue weighted by molar-refractivity contribution is -0.116. The van der Waals surface area contributed by atoms with Crippen molar-refractivity contribution in [3.8, 4) is 17.2 Å². The molecule has 0 radical (unpaired) electrons. The molecule has 0 saturated heterocycles. The van der Waals surface area contributed by atoms with Gasteiger partial charge >= 0.3 is 0 Å². The quantitative estimate of drug-likeness (QED) is 0.779. The fourth-order valence-electron chi connectivity index (χ4n) is 2.65. The molecule has 0 bridgehead atoms. The van der Waals surface area contributed by atoms with E-state index in [-0.39, 0.29) is 11.8 Å². The zero-order chi connectivity index (χ0) is 18.2. The topological polar surface area (TPSA) is 56.8 Å². The van der Waals surface area contributed by atoms with Crippen LogP contribution >= 0.6 is 0 Å². The molecular formula is C20H25NO4. The fraction of sp³-hybridized carbons (Fsp3) is 0.350. The summed E-state index contributed by atoms with van der Waals surface area (Å²) in [6.07, 6.45) is 1.12. The van der Waals surface area contributed by atoms with E-state index >= 15 is 0 Å². The zero-order valence-corrected chi connectivity index (χ0v) is 15.2. The molecule has 0 aliphatic rings. The minimum Gasteiger partial charge on any atom is -0.497 e. The summed E-state index contributed by atoms with van der Waals surface area (Å²) in [5, 5.41) is 2.90. The summed E-state index contributed by atoms with van der Waals surface area (Å²) in [4.78, 5) is 12.2. The third-order valence-electron chi connectivity index (χ3n) is 4.13. The minimum absolute atomic E-state index is 0.0260. The number of methoxy groups -OCH3 is 3. The first-order valence-corrected chi connectivity index (χ1v) is 8.23. The van der Waals surface area contributed by atoms with Crippen LogP contribution < -0.4 is 19.5 Å². The summed E-state index contributed by atoms with van der Waals surface area (Å²) in [7, 11) is 4.88. The molecule has 0 saturated carbocycles. The number of amides is 1. The molecule has 0 fully saturated rings. The summed E-state index contributed by atoms with van der Waals surface area (Å²) < 4.78 is 15.9. The largest absolute Gasteiger partial charge is 0.497 e. The van der Waals surface area contributed by atoms with Crippen LogP contribution in [0.1, 0.15) is 31.2 Å². The Kier molecular flexibility index (Phi) is 6.69. The van der Waals surface area contributed by atoms with Gasteiger partial charge in [-0.3, -0.25) is 4.79 Å². The number of hydrogen-bond acceptors (Lipinski definition) is 4. The van der Waals surface area contributed by atoms with Gasteiger partial charge in [0, 0.05) is 23.7 Å². The number of carbonyl (C=O) groups excluding carboxylic acids is 1. The highest BCUT2D eigenvalue weighted by atomic mass is 16.5. The molecule has 0 aliphatic carbocycles. The van der Waals surface area contributed by atoms with Gasteiger partial charge in [0.15, 0.2) is 0 Å². The number of carbonyl (C=O) groups is 1. The molecule has 1 unspecified atom stereocenters. The minimum atomic E-state index is -0.0260. The molecule has 25 heavy (non-hydrogen) atoms. The van der Waals surface area contributed by atoms with E-state index in [4.69, 9.17) is 14.2 Å². The molecule has 0 aromatic heterocycles. The van der Waals surface area contributed by atoms with Crippen molar-refractivity contribution in [2.24, 2.45) is 0 Å². The van der Waals surface area contributed by atoms with Crippen LogP contribution in [0.2, 0.25) is 0 Å². The highest BCUT2D eigenvalue weighted by Gasteiger charge is 2.15. The second kappa shape index (κ2) is 8.97. The van der Waals surface area contributed by atoms with E-state index in [0.29, 0.717) is 18.6 Å². The monoisotopic (exact) mass is 343 g/mol. The van der Waals surface area contributed by atoms with Gasteiger partial charge in [-0.05, 0) is 42.7 Å². The van der Waals surface area contributed by atoms with Crippen molar-refractivity contribution >= 4 is 11.6 Å². The fourth-order valence-corrected chi connectivity index (χ4v) is 2.65. The molecule has 5 nitrogen and oxygen atoms in total. The van der Waals surface area contributed by atoms with E-state index in [1.807, 2.05) is 36.4 Å². The van der Waals surface area contributed by atoms with Crippen LogP contribution in [0.4, 0.5) is 5.69 Å². The first-order chi connectivity index (χ1) is 12.1. The maximum atomic E-state index is 12.2.